The van der Waals surface area contributed by atoms with Crippen LogP contribution in [0.4, 0.5) is 0 Å². The number of rotatable bonds is 8. The van der Waals surface area contributed by atoms with Crippen molar-refractivity contribution in [3.8, 4) is 12.3 Å². The topological polar surface area (TPSA) is 113 Å². The van der Waals surface area contributed by atoms with Gasteiger partial charge in [-0.2, -0.15) is 0 Å². The molecule has 0 saturated heterocycles. The normalized spacial score (nSPS) is 11.0. The molecule has 0 fully saturated rings. The van der Waals surface area contributed by atoms with Crippen LogP contribution in [0.1, 0.15) is 5.56 Å². The van der Waals surface area contributed by atoms with Crippen LogP contribution in [0.5, 0.6) is 0 Å². The molecule has 7 nitrogen and oxygen atoms in total. The second-order valence-corrected chi connectivity index (χ2v) is 4.77. The summed E-state index contributed by atoms with van der Waals surface area (Å²) in [4.78, 5) is 34.6. The van der Waals surface area contributed by atoms with Crippen LogP contribution in [0.25, 0.3) is 0 Å². The van der Waals surface area contributed by atoms with Crippen molar-refractivity contribution in [3.63, 3.8) is 0 Å². The second-order valence-electron chi connectivity index (χ2n) is 4.77. The van der Waals surface area contributed by atoms with Crippen molar-refractivity contribution < 1.29 is 14.4 Å². The molecule has 1 aromatic carbocycles. The molecule has 0 radical (unpaired) electrons. The van der Waals surface area contributed by atoms with Crippen molar-refractivity contribution in [1.29, 1.82) is 0 Å². The van der Waals surface area contributed by atoms with Crippen molar-refractivity contribution in [2.24, 2.45) is 5.73 Å². The van der Waals surface area contributed by atoms with Gasteiger partial charge in [0.25, 0.3) is 0 Å². The van der Waals surface area contributed by atoms with Gasteiger partial charge in [-0.15, -0.1) is 6.42 Å². The lowest BCUT2D eigenvalue weighted by Crippen LogP contribution is -2.47. The largest absolute Gasteiger partial charge is 0.346 e. The quantitative estimate of drug-likeness (QED) is 0.439. The summed E-state index contributed by atoms with van der Waals surface area (Å²) >= 11 is 0. The lowest BCUT2D eigenvalue weighted by atomic mass is 10.1. The molecule has 122 valence electrons. The van der Waals surface area contributed by atoms with Crippen LogP contribution in [0.3, 0.4) is 0 Å². The number of terminal acetylenes is 1. The van der Waals surface area contributed by atoms with E-state index in [1.165, 1.54) is 0 Å². The standard InChI is InChI=1S/C16H20N4O3/c1-2-8-18-14(21)10-19-15(22)11-20-16(23)13(17)9-12-6-4-3-5-7-12/h1,3-7,13H,8-11,17H2,(H,18,21)(H,19,22)(H,20,23)/t13-/m0/s1. The molecule has 3 amide bonds. The fourth-order valence-corrected chi connectivity index (χ4v) is 1.71. The lowest BCUT2D eigenvalue weighted by Gasteiger charge is -2.12. The second kappa shape index (κ2) is 9.97. The molecule has 1 rings (SSSR count). The Morgan fingerprint density at radius 1 is 1.04 bits per heavy atom. The van der Waals surface area contributed by atoms with Gasteiger partial charge in [-0.3, -0.25) is 14.4 Å². The minimum Gasteiger partial charge on any atom is -0.346 e. The Kier molecular flexibility index (Phi) is 7.89. The summed E-state index contributed by atoms with van der Waals surface area (Å²) in [6.45, 7) is -0.351. The molecule has 0 unspecified atom stereocenters. The van der Waals surface area contributed by atoms with Crippen LogP contribution >= 0.6 is 0 Å². The molecule has 1 atom stereocenters. The first kappa shape index (κ1) is 18.2. The number of benzene rings is 1. The Bertz CT molecular complexity index is 581. The smallest absolute Gasteiger partial charge is 0.240 e. The maximum absolute atomic E-state index is 11.8. The summed E-state index contributed by atoms with van der Waals surface area (Å²) in [5.74, 6) is 0.929. The highest BCUT2D eigenvalue weighted by molar-refractivity contribution is 5.89. The molecule has 23 heavy (non-hydrogen) atoms. The highest BCUT2D eigenvalue weighted by atomic mass is 16.2. The Morgan fingerprint density at radius 3 is 2.30 bits per heavy atom. The summed E-state index contributed by atoms with van der Waals surface area (Å²) in [6, 6.07) is 8.59. The van der Waals surface area contributed by atoms with E-state index in [2.05, 4.69) is 21.9 Å². The first-order valence-electron chi connectivity index (χ1n) is 7.07. The highest BCUT2D eigenvalue weighted by Gasteiger charge is 2.15. The Balaban J connectivity index is 2.25. The van der Waals surface area contributed by atoms with Gasteiger partial charge >= 0.3 is 0 Å². The zero-order valence-electron chi connectivity index (χ0n) is 12.7. The summed E-state index contributed by atoms with van der Waals surface area (Å²) in [6.07, 6.45) is 5.36. The van der Waals surface area contributed by atoms with E-state index in [4.69, 9.17) is 12.2 Å². The molecular formula is C16H20N4O3. The molecule has 0 aliphatic rings. The summed E-state index contributed by atoms with van der Waals surface area (Å²) in [5, 5.41) is 7.19. The zero-order chi connectivity index (χ0) is 17.1. The summed E-state index contributed by atoms with van der Waals surface area (Å²) in [7, 11) is 0. The van der Waals surface area contributed by atoms with Crippen molar-refractivity contribution in [2.75, 3.05) is 19.6 Å². The third-order valence-electron chi connectivity index (χ3n) is 2.89. The summed E-state index contributed by atoms with van der Waals surface area (Å²) < 4.78 is 0. The number of amides is 3. The maximum Gasteiger partial charge on any atom is 0.240 e. The van der Waals surface area contributed by atoms with Crippen molar-refractivity contribution in [2.45, 2.75) is 12.5 Å². The number of hydrogen-bond acceptors (Lipinski definition) is 4. The predicted octanol–water partition coefficient (Wildman–Crippen LogP) is -1.46. The van der Waals surface area contributed by atoms with E-state index in [-0.39, 0.29) is 19.6 Å². The molecule has 0 aliphatic carbocycles. The lowest BCUT2D eigenvalue weighted by molar-refractivity contribution is -0.128. The molecule has 0 bridgehead atoms. The van der Waals surface area contributed by atoms with Crippen LogP contribution in [-0.2, 0) is 20.8 Å². The Hall–Kier alpha value is -2.85. The minimum absolute atomic E-state index is 0.0970. The van der Waals surface area contributed by atoms with E-state index in [9.17, 15) is 14.4 Å². The number of nitrogens with two attached hydrogens (primary N) is 1. The third-order valence-corrected chi connectivity index (χ3v) is 2.89. The van der Waals surface area contributed by atoms with E-state index in [0.717, 1.165) is 5.56 Å². The van der Waals surface area contributed by atoms with Gasteiger partial charge in [0.1, 0.15) is 0 Å². The van der Waals surface area contributed by atoms with E-state index in [1.807, 2.05) is 30.3 Å². The van der Waals surface area contributed by atoms with Crippen LogP contribution in [-0.4, -0.2) is 43.4 Å². The van der Waals surface area contributed by atoms with Gasteiger partial charge in [-0.1, -0.05) is 36.3 Å². The molecule has 0 saturated carbocycles. The van der Waals surface area contributed by atoms with Gasteiger partial charge in [0.05, 0.1) is 25.7 Å². The number of hydrogen-bond donors (Lipinski definition) is 4. The first-order valence-corrected chi connectivity index (χ1v) is 7.07. The number of nitrogens with one attached hydrogen (secondary N) is 3. The average Bonchev–Trinajstić information content (AvgIpc) is 2.56. The molecule has 0 aromatic heterocycles. The Morgan fingerprint density at radius 2 is 1.65 bits per heavy atom. The minimum atomic E-state index is -0.746. The SMILES string of the molecule is C#CCNC(=O)CNC(=O)CNC(=O)[C@@H](N)Cc1ccccc1. The van der Waals surface area contributed by atoms with Crippen molar-refractivity contribution in [3.05, 3.63) is 35.9 Å². The molecule has 1 aromatic rings. The monoisotopic (exact) mass is 316 g/mol. The van der Waals surface area contributed by atoms with E-state index < -0.39 is 23.8 Å². The molecule has 0 heterocycles. The molecule has 7 heteroatoms. The van der Waals surface area contributed by atoms with Crippen molar-refractivity contribution in [1.82, 2.24) is 16.0 Å². The number of carbonyl (C=O) groups is 3. The van der Waals surface area contributed by atoms with Crippen LogP contribution < -0.4 is 21.7 Å². The van der Waals surface area contributed by atoms with Crippen molar-refractivity contribution >= 4 is 17.7 Å². The van der Waals surface area contributed by atoms with E-state index in [1.54, 1.807) is 0 Å². The summed E-state index contributed by atoms with van der Waals surface area (Å²) in [5.41, 5.74) is 6.72. The van der Waals surface area contributed by atoms with Crippen LogP contribution in [0.2, 0.25) is 0 Å². The number of carbonyl (C=O) groups excluding carboxylic acids is 3. The average molecular weight is 316 g/mol. The van der Waals surface area contributed by atoms with E-state index in [0.29, 0.717) is 6.42 Å². The van der Waals surface area contributed by atoms with Gasteiger partial charge in [0.15, 0.2) is 0 Å². The Labute approximate surface area is 135 Å². The molecule has 5 N–H and O–H groups in total. The highest BCUT2D eigenvalue weighted by Crippen LogP contribution is 2.01. The first-order chi connectivity index (χ1) is 11.0. The molecule has 0 spiro atoms. The van der Waals surface area contributed by atoms with Gasteiger partial charge in [-0.25, -0.2) is 0 Å². The van der Waals surface area contributed by atoms with Crippen LogP contribution in [0.15, 0.2) is 30.3 Å². The molecule has 0 aliphatic heterocycles. The van der Waals surface area contributed by atoms with Gasteiger partial charge in [0.2, 0.25) is 17.7 Å². The predicted molar refractivity (Wildman–Crippen MR) is 86.0 cm³/mol. The maximum atomic E-state index is 11.8. The third kappa shape index (κ3) is 7.64. The zero-order valence-corrected chi connectivity index (χ0v) is 12.7. The van der Waals surface area contributed by atoms with Crippen LogP contribution in [0, 0.1) is 12.3 Å². The van der Waals surface area contributed by atoms with Gasteiger partial charge in [0, 0.05) is 0 Å². The molecular weight excluding hydrogens is 296 g/mol. The fraction of sp³-hybridized carbons (Fsp3) is 0.312. The van der Waals surface area contributed by atoms with E-state index >= 15 is 0 Å². The van der Waals surface area contributed by atoms with Gasteiger partial charge in [-0.05, 0) is 12.0 Å². The van der Waals surface area contributed by atoms with Gasteiger partial charge < -0.3 is 21.7 Å². The fourth-order valence-electron chi connectivity index (χ4n) is 1.71.